The molecule has 0 bridgehead atoms. The van der Waals surface area contributed by atoms with Gasteiger partial charge in [-0.2, -0.15) is 0 Å². The molecule has 0 atom stereocenters. The molecule has 7 nitrogen and oxygen atoms in total. The van der Waals surface area contributed by atoms with Crippen LogP contribution >= 0.6 is 0 Å². The van der Waals surface area contributed by atoms with Crippen LogP contribution in [0.25, 0.3) is 22.1 Å². The molecule has 3 heterocycles. The van der Waals surface area contributed by atoms with Gasteiger partial charge in [0.25, 0.3) is 5.91 Å². The Bertz CT molecular complexity index is 1290. The van der Waals surface area contributed by atoms with E-state index >= 15 is 0 Å². The molecule has 154 valence electrons. The van der Waals surface area contributed by atoms with Crippen LogP contribution in [0, 0.1) is 0 Å². The van der Waals surface area contributed by atoms with Gasteiger partial charge in [0.1, 0.15) is 11.4 Å². The molecule has 31 heavy (non-hydrogen) atoms. The van der Waals surface area contributed by atoms with Crippen LogP contribution in [0.15, 0.2) is 82.4 Å². The molecule has 7 heteroatoms. The maximum Gasteiger partial charge on any atom is 0.344 e. The van der Waals surface area contributed by atoms with Crippen molar-refractivity contribution in [1.29, 1.82) is 0 Å². The van der Waals surface area contributed by atoms with Crippen molar-refractivity contribution >= 4 is 22.7 Å². The average Bonchev–Trinajstić information content (AvgIpc) is 2.84. The number of hydrogen-bond donors (Lipinski definition) is 0. The van der Waals surface area contributed by atoms with Crippen molar-refractivity contribution in [3.63, 3.8) is 0 Å². The third kappa shape index (κ3) is 3.77. The van der Waals surface area contributed by atoms with Crippen LogP contribution in [-0.2, 0) is 0 Å². The molecule has 0 N–H and O–H groups in total. The molecular formula is C24H20N4O3. The summed E-state index contributed by atoms with van der Waals surface area (Å²) in [7, 11) is 0. The van der Waals surface area contributed by atoms with Crippen LogP contribution in [-0.4, -0.2) is 47.0 Å². The standard InChI is InChI=1S/C24H20N4O3/c29-23(28-12-10-27(11-13-28)22-16-25-8-9-26-22)19-6-3-5-17(14-19)20-15-18-4-1-2-7-21(18)31-24(20)30/h1-9,14-16H,10-13H2. The van der Waals surface area contributed by atoms with E-state index in [2.05, 4.69) is 14.9 Å². The molecule has 1 aliphatic rings. The summed E-state index contributed by atoms with van der Waals surface area (Å²) in [5, 5.41) is 0.842. The highest BCUT2D eigenvalue weighted by molar-refractivity contribution is 5.96. The van der Waals surface area contributed by atoms with Crippen LogP contribution < -0.4 is 10.5 Å². The molecule has 5 rings (SSSR count). The topological polar surface area (TPSA) is 79.5 Å². The first-order valence-corrected chi connectivity index (χ1v) is 10.1. The molecule has 0 saturated carbocycles. The van der Waals surface area contributed by atoms with Gasteiger partial charge in [0.2, 0.25) is 0 Å². The first kappa shape index (κ1) is 19.0. The van der Waals surface area contributed by atoms with Gasteiger partial charge in [-0.15, -0.1) is 0 Å². The van der Waals surface area contributed by atoms with Crippen molar-refractivity contribution < 1.29 is 9.21 Å². The Balaban J connectivity index is 1.37. The van der Waals surface area contributed by atoms with E-state index in [0.717, 1.165) is 11.2 Å². The Kier molecular flexibility index (Phi) is 4.92. The SMILES string of the molecule is O=C(c1cccc(-c2cc3ccccc3oc2=O)c1)N1CCN(c2cnccn2)CC1. The summed E-state index contributed by atoms with van der Waals surface area (Å²) in [5.41, 5.74) is 1.80. The summed E-state index contributed by atoms with van der Waals surface area (Å²) in [6.45, 7) is 2.58. The van der Waals surface area contributed by atoms with Gasteiger partial charge >= 0.3 is 5.63 Å². The Labute approximate surface area is 178 Å². The average molecular weight is 412 g/mol. The Morgan fingerprint density at radius 1 is 0.935 bits per heavy atom. The molecule has 1 aliphatic heterocycles. The van der Waals surface area contributed by atoms with Gasteiger partial charge in [-0.05, 0) is 29.8 Å². The van der Waals surface area contributed by atoms with E-state index in [0.29, 0.717) is 48.5 Å². The number of para-hydroxylation sites is 1. The number of carbonyl (C=O) groups is 1. The van der Waals surface area contributed by atoms with Gasteiger partial charge in [-0.1, -0.05) is 30.3 Å². The van der Waals surface area contributed by atoms with Crippen molar-refractivity contribution in [2.24, 2.45) is 0 Å². The number of hydrogen-bond acceptors (Lipinski definition) is 6. The number of rotatable bonds is 3. The predicted molar refractivity (Wildman–Crippen MR) is 118 cm³/mol. The van der Waals surface area contributed by atoms with E-state index in [9.17, 15) is 9.59 Å². The highest BCUT2D eigenvalue weighted by Crippen LogP contribution is 2.23. The normalized spacial score (nSPS) is 14.1. The van der Waals surface area contributed by atoms with Crippen molar-refractivity contribution in [3.8, 4) is 11.1 Å². The van der Waals surface area contributed by atoms with Gasteiger partial charge in [0, 0.05) is 49.5 Å². The Hall–Kier alpha value is -4.00. The highest BCUT2D eigenvalue weighted by Gasteiger charge is 2.23. The van der Waals surface area contributed by atoms with Gasteiger partial charge in [0.15, 0.2) is 0 Å². The zero-order valence-electron chi connectivity index (χ0n) is 16.8. The molecule has 0 unspecified atom stereocenters. The molecule has 2 aromatic carbocycles. The zero-order chi connectivity index (χ0) is 21.2. The molecule has 1 amide bonds. The van der Waals surface area contributed by atoms with Crippen LogP contribution in [0.3, 0.4) is 0 Å². The van der Waals surface area contributed by atoms with E-state index in [1.807, 2.05) is 35.2 Å². The fourth-order valence-corrected chi connectivity index (χ4v) is 3.86. The van der Waals surface area contributed by atoms with Crippen molar-refractivity contribution in [2.75, 3.05) is 31.1 Å². The van der Waals surface area contributed by atoms with E-state index in [4.69, 9.17) is 4.42 Å². The summed E-state index contributed by atoms with van der Waals surface area (Å²) in [4.78, 5) is 38.0. The molecule has 4 aromatic rings. The summed E-state index contributed by atoms with van der Waals surface area (Å²) >= 11 is 0. The van der Waals surface area contributed by atoms with Crippen molar-refractivity contribution in [1.82, 2.24) is 14.9 Å². The lowest BCUT2D eigenvalue weighted by atomic mass is 10.0. The number of piperazine rings is 1. The molecule has 0 spiro atoms. The lowest BCUT2D eigenvalue weighted by Crippen LogP contribution is -2.49. The maximum atomic E-state index is 13.1. The monoisotopic (exact) mass is 412 g/mol. The molecule has 1 saturated heterocycles. The molecule has 0 aliphatic carbocycles. The minimum atomic E-state index is -0.416. The number of benzene rings is 2. The fraction of sp³-hybridized carbons (Fsp3) is 0.167. The summed E-state index contributed by atoms with van der Waals surface area (Å²) in [6, 6.07) is 16.4. The second kappa shape index (κ2) is 8.02. The largest absolute Gasteiger partial charge is 0.422 e. The van der Waals surface area contributed by atoms with E-state index in [1.54, 1.807) is 42.9 Å². The first-order chi connectivity index (χ1) is 15.2. The van der Waals surface area contributed by atoms with Gasteiger partial charge in [0.05, 0.1) is 11.8 Å². The lowest BCUT2D eigenvalue weighted by molar-refractivity contribution is 0.0746. The van der Waals surface area contributed by atoms with Crippen LogP contribution in [0.4, 0.5) is 5.82 Å². The zero-order valence-corrected chi connectivity index (χ0v) is 16.8. The lowest BCUT2D eigenvalue weighted by Gasteiger charge is -2.35. The number of fused-ring (bicyclic) bond motifs is 1. The van der Waals surface area contributed by atoms with E-state index in [-0.39, 0.29) is 5.91 Å². The van der Waals surface area contributed by atoms with Crippen molar-refractivity contribution in [2.45, 2.75) is 0 Å². The fourth-order valence-electron chi connectivity index (χ4n) is 3.86. The second-order valence-electron chi connectivity index (χ2n) is 7.41. The second-order valence-corrected chi connectivity index (χ2v) is 7.41. The van der Waals surface area contributed by atoms with Crippen LogP contribution in [0.5, 0.6) is 0 Å². The summed E-state index contributed by atoms with van der Waals surface area (Å²) in [6.07, 6.45) is 5.05. The summed E-state index contributed by atoms with van der Waals surface area (Å²) in [5.74, 6) is 0.769. The number of anilines is 1. The van der Waals surface area contributed by atoms with Gasteiger partial charge in [-0.25, -0.2) is 9.78 Å². The van der Waals surface area contributed by atoms with E-state index in [1.165, 1.54) is 0 Å². The highest BCUT2D eigenvalue weighted by atomic mass is 16.4. The maximum absolute atomic E-state index is 13.1. The number of aromatic nitrogens is 2. The third-order valence-corrected chi connectivity index (χ3v) is 5.50. The van der Waals surface area contributed by atoms with E-state index < -0.39 is 5.63 Å². The van der Waals surface area contributed by atoms with Crippen LogP contribution in [0.2, 0.25) is 0 Å². The number of carbonyl (C=O) groups excluding carboxylic acids is 1. The third-order valence-electron chi connectivity index (χ3n) is 5.50. The van der Waals surface area contributed by atoms with Crippen LogP contribution in [0.1, 0.15) is 10.4 Å². The smallest absolute Gasteiger partial charge is 0.344 e. The molecular weight excluding hydrogens is 392 g/mol. The number of amides is 1. The van der Waals surface area contributed by atoms with Gasteiger partial charge < -0.3 is 14.2 Å². The Morgan fingerprint density at radius 2 is 1.77 bits per heavy atom. The molecule has 0 radical (unpaired) electrons. The minimum absolute atomic E-state index is 0.0502. The predicted octanol–water partition coefficient (Wildman–Crippen LogP) is 3.21. The molecule has 1 fully saturated rings. The Morgan fingerprint density at radius 3 is 2.58 bits per heavy atom. The van der Waals surface area contributed by atoms with Gasteiger partial charge in [-0.3, -0.25) is 9.78 Å². The quantitative estimate of drug-likeness (QED) is 0.481. The molecule has 2 aromatic heterocycles. The summed E-state index contributed by atoms with van der Waals surface area (Å²) < 4.78 is 5.45. The number of nitrogens with zero attached hydrogens (tertiary/aromatic N) is 4. The minimum Gasteiger partial charge on any atom is -0.422 e. The van der Waals surface area contributed by atoms with Crippen molar-refractivity contribution in [3.05, 3.63) is 89.2 Å². The first-order valence-electron chi connectivity index (χ1n) is 10.1.